The number of unbranched alkanes of at least 4 members (excludes halogenated alkanes) is 14. The monoisotopic (exact) mass is 317 g/mol. The average molecular weight is 318 g/mol. The van der Waals surface area contributed by atoms with Gasteiger partial charge in [0.05, 0.1) is 6.54 Å². The highest BCUT2D eigenvalue weighted by Gasteiger charge is 1.97. The Balaban J connectivity index is 2.94. The van der Waals surface area contributed by atoms with E-state index in [9.17, 15) is 5.21 Å². The Bertz CT molecular complexity index is 201. The lowest BCUT2D eigenvalue weighted by atomic mass is 10.0. The molecule has 0 saturated heterocycles. The van der Waals surface area contributed by atoms with Crippen LogP contribution in [0, 0.1) is 5.21 Å². The summed E-state index contributed by atoms with van der Waals surface area (Å²) < 4.78 is 0. The lowest BCUT2D eigenvalue weighted by Gasteiger charge is -2.04. The summed E-state index contributed by atoms with van der Waals surface area (Å²) in [5, 5.41) is 27.6. The summed E-state index contributed by atoms with van der Waals surface area (Å²) >= 11 is 0. The molecule has 0 aromatic heterocycles. The third-order valence-corrected chi connectivity index (χ3v) is 4.28. The van der Waals surface area contributed by atoms with Gasteiger partial charge in [0.15, 0.2) is 6.29 Å². The number of nitrogens with two attached hydrogens (primary N) is 1. The number of rotatable bonds is 18. The summed E-state index contributed by atoms with van der Waals surface area (Å²) in [7, 11) is 0. The Morgan fingerprint density at radius 3 is 1.18 bits per heavy atom. The van der Waals surface area contributed by atoms with E-state index in [2.05, 4.69) is 0 Å². The number of aliphatic hydroxyl groups excluding tert-OH is 1. The van der Waals surface area contributed by atoms with Crippen LogP contribution in [-0.4, -0.2) is 23.0 Å². The van der Waals surface area contributed by atoms with E-state index in [-0.39, 0.29) is 0 Å². The number of aliphatic hydroxyl groups is 2. The van der Waals surface area contributed by atoms with Gasteiger partial charge in [-0.25, -0.2) is 0 Å². The maximum atomic E-state index is 10.2. The molecule has 0 amide bonds. The zero-order chi connectivity index (χ0) is 16.3. The van der Waals surface area contributed by atoms with Crippen LogP contribution in [0.4, 0.5) is 0 Å². The van der Waals surface area contributed by atoms with Gasteiger partial charge in [-0.1, -0.05) is 77.0 Å². The van der Waals surface area contributed by atoms with Gasteiger partial charge in [0.2, 0.25) is 0 Å². The molecule has 0 atom stereocenters. The average Bonchev–Trinajstić information content (AvgIpc) is 2.50. The van der Waals surface area contributed by atoms with Crippen molar-refractivity contribution in [3.63, 3.8) is 0 Å². The molecule has 0 unspecified atom stereocenters. The Morgan fingerprint density at radius 2 is 0.864 bits per heavy atom. The maximum Gasteiger partial charge on any atom is 0.151 e. The van der Waals surface area contributed by atoms with Gasteiger partial charge in [0, 0.05) is 0 Å². The van der Waals surface area contributed by atoms with Gasteiger partial charge in [-0.2, -0.15) is 0 Å². The van der Waals surface area contributed by atoms with E-state index in [0.29, 0.717) is 6.42 Å². The van der Waals surface area contributed by atoms with Gasteiger partial charge >= 0.3 is 0 Å². The van der Waals surface area contributed by atoms with Crippen LogP contribution in [0.5, 0.6) is 0 Å². The van der Waals surface area contributed by atoms with Crippen LogP contribution in [0.1, 0.15) is 103 Å². The van der Waals surface area contributed by atoms with E-state index >= 15 is 0 Å². The first-order valence-electron chi connectivity index (χ1n) is 9.57. The molecule has 4 N–H and O–H groups in total. The van der Waals surface area contributed by atoms with Crippen molar-refractivity contribution in [1.82, 2.24) is 0 Å². The summed E-state index contributed by atoms with van der Waals surface area (Å²) in [5.41, 5.74) is 1.03. The molecule has 0 aliphatic heterocycles. The lowest BCUT2D eigenvalue weighted by molar-refractivity contribution is -0.589. The van der Waals surface area contributed by atoms with Crippen molar-refractivity contribution in [2.45, 2.75) is 109 Å². The molecule has 0 heterocycles. The molecular formula is C18H39NO3. The fourth-order valence-electron chi connectivity index (χ4n) is 2.85. The highest BCUT2D eigenvalue weighted by Crippen LogP contribution is 2.13. The zero-order valence-electron chi connectivity index (χ0n) is 14.5. The van der Waals surface area contributed by atoms with Crippen molar-refractivity contribution in [3.05, 3.63) is 5.21 Å². The van der Waals surface area contributed by atoms with Crippen LogP contribution in [0.25, 0.3) is 0 Å². The Hall–Kier alpha value is -0.160. The smallest absolute Gasteiger partial charge is 0.151 e. The van der Waals surface area contributed by atoms with Gasteiger partial charge in [-0.15, -0.1) is 0 Å². The van der Waals surface area contributed by atoms with Crippen molar-refractivity contribution in [3.8, 4) is 0 Å². The first kappa shape index (κ1) is 21.8. The summed E-state index contributed by atoms with van der Waals surface area (Å²) in [6.07, 6.45) is 18.5. The molecule has 0 aromatic carbocycles. The highest BCUT2D eigenvalue weighted by atomic mass is 16.5. The second-order valence-electron chi connectivity index (χ2n) is 6.53. The molecule has 0 aliphatic carbocycles. The number of hydrogen-bond acceptors (Lipinski definition) is 3. The van der Waals surface area contributed by atoms with Gasteiger partial charge in [0.1, 0.15) is 0 Å². The minimum absolute atomic E-state index is 0.525. The van der Waals surface area contributed by atoms with E-state index in [1.807, 2.05) is 0 Å². The molecule has 4 nitrogen and oxygen atoms in total. The molecule has 0 bridgehead atoms. The topological polar surface area (TPSA) is 80.1 Å². The molecule has 22 heavy (non-hydrogen) atoms. The van der Waals surface area contributed by atoms with E-state index in [4.69, 9.17) is 10.2 Å². The van der Waals surface area contributed by atoms with Gasteiger partial charge in [-0.3, -0.25) is 0 Å². The molecule has 0 aromatic rings. The predicted molar refractivity (Wildman–Crippen MR) is 92.3 cm³/mol. The largest absolute Gasteiger partial charge is 0.636 e. The second kappa shape index (κ2) is 18.9. The van der Waals surface area contributed by atoms with Crippen LogP contribution in [0.3, 0.4) is 0 Å². The third-order valence-electron chi connectivity index (χ3n) is 4.28. The zero-order valence-corrected chi connectivity index (χ0v) is 14.5. The van der Waals surface area contributed by atoms with Gasteiger partial charge < -0.3 is 20.9 Å². The fraction of sp³-hybridized carbons (Fsp3) is 1.00. The van der Waals surface area contributed by atoms with Crippen LogP contribution in [-0.2, 0) is 0 Å². The van der Waals surface area contributed by atoms with Crippen LogP contribution >= 0.6 is 0 Å². The standard InChI is InChI=1S/C18H39NO3/c20-18(21)16-14-12-10-8-6-4-2-1-3-5-7-9-11-13-15-17-19-22/h18,20-21H,1-17,19H2. The molecule has 0 rings (SSSR count). The Morgan fingerprint density at radius 1 is 0.545 bits per heavy atom. The predicted octanol–water partition coefficient (Wildman–Crippen LogP) is 3.60. The quantitative estimate of drug-likeness (QED) is 0.205. The highest BCUT2D eigenvalue weighted by molar-refractivity contribution is 4.50. The molecular weight excluding hydrogens is 278 g/mol. The second-order valence-corrected chi connectivity index (χ2v) is 6.53. The lowest BCUT2D eigenvalue weighted by Crippen LogP contribution is -2.77. The Kier molecular flexibility index (Phi) is 18.8. The van der Waals surface area contributed by atoms with E-state index < -0.39 is 6.29 Å². The maximum absolute atomic E-state index is 10.2. The molecule has 0 radical (unpaired) electrons. The van der Waals surface area contributed by atoms with Crippen molar-refractivity contribution in [1.29, 1.82) is 0 Å². The molecule has 134 valence electrons. The molecule has 0 spiro atoms. The summed E-state index contributed by atoms with van der Waals surface area (Å²) in [5.74, 6) is 0. The Labute approximate surface area is 137 Å². The fourth-order valence-corrected chi connectivity index (χ4v) is 2.85. The summed E-state index contributed by atoms with van der Waals surface area (Å²) in [6.45, 7) is 0.739. The number of hydrogen-bond donors (Lipinski definition) is 3. The van der Waals surface area contributed by atoms with Crippen molar-refractivity contribution < 1.29 is 15.7 Å². The van der Waals surface area contributed by atoms with E-state index in [0.717, 1.165) is 31.3 Å². The molecule has 0 saturated carbocycles. The third kappa shape index (κ3) is 19.8. The molecule has 0 fully saturated rings. The normalized spacial score (nSPS) is 11.5. The molecule has 4 heteroatoms. The van der Waals surface area contributed by atoms with Gasteiger partial charge in [-0.05, 0) is 25.7 Å². The minimum atomic E-state index is -1.11. The van der Waals surface area contributed by atoms with E-state index in [1.54, 1.807) is 0 Å². The first-order chi connectivity index (χ1) is 10.8. The van der Waals surface area contributed by atoms with Crippen LogP contribution < -0.4 is 5.48 Å². The van der Waals surface area contributed by atoms with Crippen LogP contribution in [0.2, 0.25) is 0 Å². The molecule has 0 aliphatic rings. The van der Waals surface area contributed by atoms with Crippen molar-refractivity contribution >= 4 is 0 Å². The first-order valence-corrected chi connectivity index (χ1v) is 9.57. The van der Waals surface area contributed by atoms with Gasteiger partial charge in [0.25, 0.3) is 0 Å². The van der Waals surface area contributed by atoms with Crippen molar-refractivity contribution in [2.24, 2.45) is 0 Å². The van der Waals surface area contributed by atoms with Crippen LogP contribution in [0.15, 0.2) is 0 Å². The number of quaternary nitrogens is 1. The SMILES string of the molecule is [O-][NH2+]CCCCCCCCCCCCCCCCCC(O)O. The minimum Gasteiger partial charge on any atom is -0.636 e. The number of hydroxylamine groups is 1. The van der Waals surface area contributed by atoms with Crippen molar-refractivity contribution in [2.75, 3.05) is 6.54 Å². The summed E-state index contributed by atoms with van der Waals surface area (Å²) in [4.78, 5) is 0. The summed E-state index contributed by atoms with van der Waals surface area (Å²) in [6, 6.07) is 0. The van der Waals surface area contributed by atoms with E-state index in [1.165, 1.54) is 77.0 Å².